The molecule has 4 saturated carbocycles. The molecule has 14 N–H and O–H groups in total. The van der Waals surface area contributed by atoms with Gasteiger partial charge in [-0.25, -0.2) is 4.98 Å². The number of ether oxygens (including phenoxy) is 2. The first-order chi connectivity index (χ1) is 32.5. The van der Waals surface area contributed by atoms with Crippen molar-refractivity contribution in [3.05, 3.63) is 29.9 Å². The number of aromatic nitrogens is 2. The number of aliphatic carboxylic acids is 1. The van der Waals surface area contributed by atoms with Gasteiger partial charge in [-0.05, 0) is 135 Å². The number of carboxylic acid groups (broad SMARTS) is 1. The Bertz CT molecular complexity index is 2040. The van der Waals surface area contributed by atoms with Gasteiger partial charge in [0, 0.05) is 42.5 Å². The number of hydrogen-bond acceptors (Lipinski definition) is 15. The third-order valence-electron chi connectivity index (χ3n) is 21.1. The molecule has 0 radical (unpaired) electrons. The highest BCUT2D eigenvalue weighted by molar-refractivity contribution is 5.86. The number of aliphatic hydroxyl groups excluding tert-OH is 9. The Labute approximate surface area is 405 Å². The molecule has 1 amide bonds. The van der Waals surface area contributed by atoms with Crippen LogP contribution in [-0.4, -0.2) is 155 Å². The second-order valence-corrected chi connectivity index (χ2v) is 24.2. The number of carbonyl (C=O) groups is 2. The molecule has 0 aromatic carbocycles. The van der Waals surface area contributed by atoms with E-state index in [1.54, 1.807) is 6.20 Å². The number of aromatic amines is 1. The van der Waals surface area contributed by atoms with Gasteiger partial charge in [-0.15, -0.1) is 0 Å². The van der Waals surface area contributed by atoms with Gasteiger partial charge in [-0.2, -0.15) is 0 Å². The molecule has 18 heteroatoms. The van der Waals surface area contributed by atoms with Crippen molar-refractivity contribution in [3.8, 4) is 0 Å². The molecule has 5 aliphatic carbocycles. The highest BCUT2D eigenvalue weighted by atomic mass is 16.7. The first-order valence-electron chi connectivity index (χ1n) is 25.6. The van der Waals surface area contributed by atoms with E-state index in [1.165, 1.54) is 6.33 Å². The van der Waals surface area contributed by atoms with Crippen molar-refractivity contribution in [1.29, 1.82) is 0 Å². The summed E-state index contributed by atoms with van der Waals surface area (Å²) in [7, 11) is 0. The predicted octanol–water partition coefficient (Wildman–Crippen LogP) is 1.66. The summed E-state index contributed by atoms with van der Waals surface area (Å²) in [5.41, 5.74) is 1.82. The number of aliphatic hydroxyl groups is 9. The number of H-pyrrole nitrogens is 1. The third kappa shape index (κ3) is 7.99. The molecule has 18 nitrogen and oxygen atoms in total. The second-order valence-electron chi connectivity index (χ2n) is 24.2. The molecule has 3 heterocycles. The lowest BCUT2D eigenvalue weighted by Gasteiger charge is -2.73. The number of carbonyl (C=O) groups excluding carboxylic acids is 1. The summed E-state index contributed by atoms with van der Waals surface area (Å²) >= 11 is 0. The van der Waals surface area contributed by atoms with Crippen molar-refractivity contribution in [3.63, 3.8) is 0 Å². The lowest BCUT2D eigenvalue weighted by molar-refractivity contribution is -0.340. The maximum Gasteiger partial charge on any atom is 0.310 e. The molecule has 21 atom stereocenters. The Morgan fingerprint density at radius 3 is 2.28 bits per heavy atom. The van der Waals surface area contributed by atoms with Crippen LogP contribution in [0.4, 0.5) is 0 Å². The molecule has 0 bridgehead atoms. The molecule has 1 aromatic heterocycles. The minimum absolute atomic E-state index is 0.0466. The molecule has 390 valence electrons. The average Bonchev–Trinajstić information content (AvgIpc) is 3.94. The summed E-state index contributed by atoms with van der Waals surface area (Å²) in [5.74, 6) is -4.03. The van der Waals surface area contributed by atoms with Crippen LogP contribution in [0.1, 0.15) is 130 Å². The van der Waals surface area contributed by atoms with Crippen LogP contribution >= 0.6 is 0 Å². The summed E-state index contributed by atoms with van der Waals surface area (Å²) in [5, 5.41) is 115. The van der Waals surface area contributed by atoms with Crippen LogP contribution in [0.3, 0.4) is 0 Å². The highest BCUT2D eigenvalue weighted by Crippen LogP contribution is 2.77. The van der Waals surface area contributed by atoms with Crippen LogP contribution in [0.2, 0.25) is 0 Å². The van der Waals surface area contributed by atoms with Crippen molar-refractivity contribution < 1.29 is 70.1 Å². The Balaban J connectivity index is 1.30. The summed E-state index contributed by atoms with van der Waals surface area (Å²) in [6.45, 7) is 9.05. The van der Waals surface area contributed by atoms with Gasteiger partial charge in [0.15, 0.2) is 6.29 Å². The SMILES string of the molecule is C[C@]1(CO)CC[C@]2(C(=O)O)CC[C@]3(C)C(=CC[C@@H]4[C@]5(C)[C@H](CC[C@]43C)[C@](C)(CO)[C@H](O[C@@H]3OC[C@@H](O)[C@H](O)[C@H]3O)[C@H](O)[C@@H]5C[C@H]3[C@H]([C@H](CC[C@@H](N)O)c4cnc[nH]4)NC(=O)[C@]3(CO)CCCO)[C@@H]2C1. The number of fused-ring (bicyclic) bond motifs is 7. The molecule has 0 spiro atoms. The zero-order chi connectivity index (χ0) is 50.3. The molecule has 2 aliphatic heterocycles. The number of nitrogens with two attached hydrogens (primary N) is 1. The molecule has 2 saturated heterocycles. The van der Waals surface area contributed by atoms with Gasteiger partial charge in [0.25, 0.3) is 0 Å². The summed E-state index contributed by atoms with van der Waals surface area (Å²) in [6, 6.07) is -0.692. The standard InChI is InChI=1S/C51H82N4O14/c1-45(23-57)14-16-50(44(66)67)17-15-47(3)28(31(50)20-45)8-9-35-48(47,4)13-11-34-46(2,24-58)41(69-42-40(64)39(63)33(60)22-68-42)38(62)30(49(34,35)5)19-29-37(55-43(65)51(29,25-59)12-6-18-56)27(7-10-36(52)61)32-21-53-26-54-32/h8,21,26-27,29-31,33-42,56-64H,6-7,9-20,22-25,52H2,1-5H3,(H,53,54)(H,55,65)(H,66,67)/t27-,29+,30+,31+,33-,34-,35+,36+,37+,38-,39+,40-,41-,42+,45+,46+,47-,48-,49+,50+,51+/m1/s1. The molecule has 7 aliphatic rings. The van der Waals surface area contributed by atoms with E-state index in [2.05, 4.69) is 42.1 Å². The van der Waals surface area contributed by atoms with Gasteiger partial charge < -0.3 is 76.6 Å². The number of nitrogens with one attached hydrogen (secondary N) is 2. The van der Waals surface area contributed by atoms with Gasteiger partial charge in [0.05, 0.1) is 49.2 Å². The number of nitrogens with zero attached hydrogens (tertiary/aromatic N) is 1. The normalized spacial score (nSPS) is 48.3. The quantitative estimate of drug-likeness (QED) is 0.0637. The Kier molecular flexibility index (Phi) is 14.5. The van der Waals surface area contributed by atoms with E-state index < -0.39 is 130 Å². The van der Waals surface area contributed by atoms with Crippen molar-refractivity contribution >= 4 is 11.9 Å². The van der Waals surface area contributed by atoms with Gasteiger partial charge in [0.1, 0.15) is 24.5 Å². The molecule has 8 rings (SSSR count). The first-order valence-corrected chi connectivity index (χ1v) is 25.6. The minimum Gasteiger partial charge on any atom is -0.481 e. The number of hydrogen-bond donors (Lipinski definition) is 13. The molecule has 6 fully saturated rings. The Morgan fingerprint density at radius 2 is 1.65 bits per heavy atom. The van der Waals surface area contributed by atoms with Gasteiger partial charge >= 0.3 is 5.97 Å². The molecule has 1 aromatic rings. The maximum atomic E-state index is 14.7. The van der Waals surface area contributed by atoms with E-state index in [4.69, 9.17) is 15.2 Å². The lowest BCUT2D eigenvalue weighted by Crippen LogP contribution is -2.72. The van der Waals surface area contributed by atoms with E-state index >= 15 is 0 Å². The number of amides is 1. The van der Waals surface area contributed by atoms with E-state index in [9.17, 15) is 60.7 Å². The van der Waals surface area contributed by atoms with Gasteiger partial charge in [-0.3, -0.25) is 9.59 Å². The van der Waals surface area contributed by atoms with E-state index in [-0.39, 0.29) is 63.3 Å². The van der Waals surface area contributed by atoms with Gasteiger partial charge in [-0.1, -0.05) is 46.3 Å². The Hall–Kier alpha value is -2.59. The van der Waals surface area contributed by atoms with E-state index in [1.807, 2.05) is 13.8 Å². The van der Waals surface area contributed by atoms with Crippen molar-refractivity contribution in [2.45, 2.75) is 173 Å². The van der Waals surface area contributed by atoms with Crippen LogP contribution in [-0.2, 0) is 19.1 Å². The fourth-order valence-corrected chi connectivity index (χ4v) is 16.8. The topological polar surface area (TPSA) is 322 Å². The number of rotatable bonds is 16. The van der Waals surface area contributed by atoms with Crippen LogP contribution in [0, 0.1) is 67.5 Å². The second kappa shape index (κ2) is 19.0. The Morgan fingerprint density at radius 1 is 0.928 bits per heavy atom. The van der Waals surface area contributed by atoms with Gasteiger partial charge in [0.2, 0.25) is 5.91 Å². The third-order valence-corrected chi connectivity index (χ3v) is 21.1. The molecule has 0 unspecified atom stereocenters. The van der Waals surface area contributed by atoms with Crippen LogP contribution < -0.4 is 11.1 Å². The van der Waals surface area contributed by atoms with Crippen LogP contribution in [0.15, 0.2) is 24.2 Å². The van der Waals surface area contributed by atoms with Crippen molar-refractivity contribution in [2.24, 2.45) is 73.2 Å². The van der Waals surface area contributed by atoms with E-state index in [0.717, 1.165) is 5.57 Å². The van der Waals surface area contributed by atoms with Crippen molar-refractivity contribution in [2.75, 3.05) is 33.0 Å². The number of imidazole rings is 1. The van der Waals surface area contributed by atoms with E-state index in [0.29, 0.717) is 63.5 Å². The fourth-order valence-electron chi connectivity index (χ4n) is 16.8. The summed E-state index contributed by atoms with van der Waals surface area (Å²) in [4.78, 5) is 35.7. The van der Waals surface area contributed by atoms with Crippen LogP contribution in [0.25, 0.3) is 0 Å². The largest absolute Gasteiger partial charge is 0.481 e. The zero-order valence-electron chi connectivity index (χ0n) is 41.2. The highest BCUT2D eigenvalue weighted by Gasteiger charge is 2.74. The predicted molar refractivity (Wildman–Crippen MR) is 249 cm³/mol. The number of allylic oxidation sites excluding steroid dienone is 2. The zero-order valence-corrected chi connectivity index (χ0v) is 41.2. The summed E-state index contributed by atoms with van der Waals surface area (Å²) < 4.78 is 12.5. The number of carboxylic acids is 1. The lowest BCUT2D eigenvalue weighted by atomic mass is 9.31. The fraction of sp³-hybridized carbons (Fsp3) is 0.863. The van der Waals surface area contributed by atoms with Crippen molar-refractivity contribution in [1.82, 2.24) is 15.3 Å². The molecular weight excluding hydrogens is 893 g/mol. The average molecular weight is 975 g/mol. The van der Waals surface area contributed by atoms with Crippen LogP contribution in [0.5, 0.6) is 0 Å². The smallest absolute Gasteiger partial charge is 0.310 e. The monoisotopic (exact) mass is 975 g/mol. The minimum atomic E-state index is -1.70. The molecule has 69 heavy (non-hydrogen) atoms. The first kappa shape index (κ1) is 52.7. The summed E-state index contributed by atoms with van der Waals surface area (Å²) in [6.07, 6.45) is 0.879. The maximum absolute atomic E-state index is 14.7. The molecular formula is C51H82N4O14.